The van der Waals surface area contributed by atoms with E-state index >= 15 is 0 Å². The molecule has 0 saturated carbocycles. The summed E-state index contributed by atoms with van der Waals surface area (Å²) in [5.74, 6) is 1.64. The fraction of sp³-hybridized carbons (Fsp3) is 0.846. The minimum absolute atomic E-state index is 0.699. The molecule has 1 aromatic heterocycles. The average molecular weight is 237 g/mol. The van der Waals surface area contributed by atoms with E-state index in [0.717, 1.165) is 31.1 Å². The van der Waals surface area contributed by atoms with Gasteiger partial charge in [-0.25, -0.2) is 0 Å². The van der Waals surface area contributed by atoms with Crippen LogP contribution in [0.3, 0.4) is 0 Å². The molecule has 0 radical (unpaired) electrons. The molecule has 1 atom stereocenters. The smallest absolute Gasteiger partial charge is 0.240 e. The first-order valence-electron chi connectivity index (χ1n) is 6.89. The molecule has 17 heavy (non-hydrogen) atoms. The molecule has 0 aromatic carbocycles. The van der Waals surface area contributed by atoms with Crippen LogP contribution in [0.1, 0.15) is 57.7 Å². The van der Waals surface area contributed by atoms with Crippen LogP contribution in [-0.2, 0) is 13.0 Å². The second kappa shape index (κ2) is 6.15. The quantitative estimate of drug-likeness (QED) is 0.789. The molecule has 0 aliphatic carbocycles. The summed E-state index contributed by atoms with van der Waals surface area (Å²) in [6, 6.07) is 0.699. The second-order valence-corrected chi connectivity index (χ2v) is 4.88. The molecule has 1 aliphatic heterocycles. The Hall–Kier alpha value is -0.900. The molecule has 1 aliphatic rings. The molecule has 4 heteroatoms. The first-order valence-corrected chi connectivity index (χ1v) is 6.89. The van der Waals surface area contributed by atoms with Crippen molar-refractivity contribution in [3.05, 3.63) is 11.7 Å². The summed E-state index contributed by atoms with van der Waals surface area (Å²) in [6.07, 6.45) is 7.18. The molecule has 0 unspecified atom stereocenters. The Labute approximate surface area is 103 Å². The number of nitrogens with zero attached hydrogens (tertiary/aromatic N) is 3. The zero-order valence-electron chi connectivity index (χ0n) is 11.0. The lowest BCUT2D eigenvalue weighted by Crippen LogP contribution is -2.38. The van der Waals surface area contributed by atoms with E-state index in [1.807, 2.05) is 0 Å². The van der Waals surface area contributed by atoms with Crippen LogP contribution in [0.4, 0.5) is 0 Å². The van der Waals surface area contributed by atoms with Gasteiger partial charge in [0.2, 0.25) is 5.89 Å². The number of aryl methyl sites for hydroxylation is 1. The zero-order valence-corrected chi connectivity index (χ0v) is 11.0. The highest BCUT2D eigenvalue weighted by Gasteiger charge is 2.22. The van der Waals surface area contributed by atoms with E-state index in [0.29, 0.717) is 6.04 Å². The van der Waals surface area contributed by atoms with E-state index in [4.69, 9.17) is 4.52 Å². The van der Waals surface area contributed by atoms with Crippen molar-refractivity contribution in [2.45, 2.75) is 65.0 Å². The van der Waals surface area contributed by atoms with E-state index in [9.17, 15) is 0 Å². The topological polar surface area (TPSA) is 42.2 Å². The van der Waals surface area contributed by atoms with E-state index in [2.05, 4.69) is 28.9 Å². The first-order chi connectivity index (χ1) is 8.33. The fourth-order valence-electron chi connectivity index (χ4n) is 2.58. The van der Waals surface area contributed by atoms with Crippen LogP contribution < -0.4 is 0 Å². The third-order valence-electron chi connectivity index (χ3n) is 3.54. The van der Waals surface area contributed by atoms with Crippen molar-refractivity contribution < 1.29 is 4.52 Å². The Balaban J connectivity index is 1.93. The van der Waals surface area contributed by atoms with Crippen LogP contribution in [0.2, 0.25) is 0 Å². The molecule has 2 rings (SSSR count). The van der Waals surface area contributed by atoms with Gasteiger partial charge in [-0.1, -0.05) is 25.4 Å². The van der Waals surface area contributed by atoms with Crippen molar-refractivity contribution in [1.82, 2.24) is 15.0 Å². The lowest BCUT2D eigenvalue weighted by molar-refractivity contribution is 0.120. The summed E-state index contributed by atoms with van der Waals surface area (Å²) >= 11 is 0. The van der Waals surface area contributed by atoms with Gasteiger partial charge in [-0.05, 0) is 32.2 Å². The summed E-state index contributed by atoms with van der Waals surface area (Å²) < 4.78 is 5.31. The van der Waals surface area contributed by atoms with Crippen LogP contribution >= 0.6 is 0 Å². The lowest BCUT2D eigenvalue weighted by Gasteiger charge is -2.33. The maximum absolute atomic E-state index is 5.31. The molecule has 0 bridgehead atoms. The van der Waals surface area contributed by atoms with Crippen LogP contribution in [0.15, 0.2) is 4.52 Å². The van der Waals surface area contributed by atoms with Crippen LogP contribution in [-0.4, -0.2) is 27.6 Å². The fourth-order valence-corrected chi connectivity index (χ4v) is 2.58. The van der Waals surface area contributed by atoms with Crippen molar-refractivity contribution in [2.24, 2.45) is 0 Å². The molecule has 0 N–H and O–H groups in total. The van der Waals surface area contributed by atoms with E-state index in [-0.39, 0.29) is 0 Å². The Kier molecular flexibility index (Phi) is 4.54. The van der Waals surface area contributed by atoms with Gasteiger partial charge in [0.25, 0.3) is 0 Å². The second-order valence-electron chi connectivity index (χ2n) is 4.88. The van der Waals surface area contributed by atoms with Crippen molar-refractivity contribution in [2.75, 3.05) is 6.54 Å². The van der Waals surface area contributed by atoms with Gasteiger partial charge in [0.1, 0.15) is 0 Å². The molecule has 4 nitrogen and oxygen atoms in total. The van der Waals surface area contributed by atoms with Crippen LogP contribution in [0.5, 0.6) is 0 Å². The number of aromatic nitrogens is 2. The normalized spacial score (nSPS) is 21.9. The van der Waals surface area contributed by atoms with Gasteiger partial charge in [-0.15, -0.1) is 0 Å². The number of rotatable bonds is 5. The van der Waals surface area contributed by atoms with Crippen LogP contribution in [0, 0.1) is 0 Å². The van der Waals surface area contributed by atoms with Crippen molar-refractivity contribution in [1.29, 1.82) is 0 Å². The zero-order chi connectivity index (χ0) is 12.1. The Morgan fingerprint density at radius 2 is 2.24 bits per heavy atom. The highest BCUT2D eigenvalue weighted by molar-refractivity contribution is 4.88. The van der Waals surface area contributed by atoms with Crippen molar-refractivity contribution in [3.63, 3.8) is 0 Å². The summed E-state index contributed by atoms with van der Waals surface area (Å²) in [5, 5.41) is 4.01. The summed E-state index contributed by atoms with van der Waals surface area (Å²) in [6.45, 7) is 6.40. The van der Waals surface area contributed by atoms with Gasteiger partial charge in [-0.3, -0.25) is 4.90 Å². The van der Waals surface area contributed by atoms with Gasteiger partial charge < -0.3 is 4.52 Å². The molecule has 1 saturated heterocycles. The highest BCUT2D eigenvalue weighted by Crippen LogP contribution is 2.21. The highest BCUT2D eigenvalue weighted by atomic mass is 16.5. The van der Waals surface area contributed by atoms with E-state index in [1.165, 1.54) is 32.2 Å². The molecule has 0 amide bonds. The molecular weight excluding hydrogens is 214 g/mol. The largest absolute Gasteiger partial charge is 0.338 e. The minimum Gasteiger partial charge on any atom is -0.338 e. The number of hydrogen-bond acceptors (Lipinski definition) is 4. The van der Waals surface area contributed by atoms with E-state index in [1.54, 1.807) is 0 Å². The average Bonchev–Trinajstić information content (AvgIpc) is 2.78. The van der Waals surface area contributed by atoms with Gasteiger partial charge >= 0.3 is 0 Å². The van der Waals surface area contributed by atoms with Crippen LogP contribution in [0.25, 0.3) is 0 Å². The summed E-state index contributed by atoms with van der Waals surface area (Å²) in [4.78, 5) is 6.94. The maximum Gasteiger partial charge on any atom is 0.240 e. The van der Waals surface area contributed by atoms with Gasteiger partial charge in [0.15, 0.2) is 5.82 Å². The molecule has 1 fully saturated rings. The minimum atomic E-state index is 0.699. The molecule has 0 spiro atoms. The van der Waals surface area contributed by atoms with Gasteiger partial charge in [-0.2, -0.15) is 4.98 Å². The Bertz CT molecular complexity index is 337. The first kappa shape index (κ1) is 12.6. The Morgan fingerprint density at radius 1 is 1.35 bits per heavy atom. The number of hydrogen-bond donors (Lipinski definition) is 0. The lowest BCUT2D eigenvalue weighted by atomic mass is 10.0. The SMILES string of the molecule is CCCc1noc(CN2CCCC[C@H]2CC)n1. The third-order valence-corrected chi connectivity index (χ3v) is 3.54. The molecule has 2 heterocycles. The predicted octanol–water partition coefficient (Wildman–Crippen LogP) is 2.79. The Morgan fingerprint density at radius 3 is 3.00 bits per heavy atom. The van der Waals surface area contributed by atoms with Gasteiger partial charge in [0.05, 0.1) is 6.54 Å². The third kappa shape index (κ3) is 3.28. The van der Waals surface area contributed by atoms with E-state index < -0.39 is 0 Å². The monoisotopic (exact) mass is 237 g/mol. The number of likely N-dealkylation sites (tertiary alicyclic amines) is 1. The maximum atomic E-state index is 5.31. The molecule has 1 aromatic rings. The molecule has 96 valence electrons. The molecular formula is C13H23N3O. The standard InChI is InChI=1S/C13H23N3O/c1-3-7-12-14-13(17-15-12)10-16-9-6-5-8-11(16)4-2/h11H,3-10H2,1-2H3/t11-/m1/s1. The van der Waals surface area contributed by atoms with Crippen molar-refractivity contribution in [3.8, 4) is 0 Å². The van der Waals surface area contributed by atoms with Crippen molar-refractivity contribution >= 4 is 0 Å². The summed E-state index contributed by atoms with van der Waals surface area (Å²) in [7, 11) is 0. The summed E-state index contributed by atoms with van der Waals surface area (Å²) in [5.41, 5.74) is 0. The number of piperidine rings is 1. The predicted molar refractivity (Wildman–Crippen MR) is 66.6 cm³/mol. The van der Waals surface area contributed by atoms with Gasteiger partial charge in [0, 0.05) is 12.5 Å².